The summed E-state index contributed by atoms with van der Waals surface area (Å²) in [5.41, 5.74) is 4.75. The van der Waals surface area contributed by atoms with E-state index in [1.54, 1.807) is 0 Å². The van der Waals surface area contributed by atoms with Gasteiger partial charge in [-0.25, -0.2) is 0 Å². The monoisotopic (exact) mass is 289 g/mol. The number of aryl methyl sites for hydroxylation is 2. The van der Waals surface area contributed by atoms with Gasteiger partial charge >= 0.3 is 0 Å². The molecule has 1 aromatic heterocycles. The molecule has 1 aliphatic rings. The number of nitrogens with one attached hydrogen (secondary N) is 1. The maximum Gasteiger partial charge on any atom is 0.0726 e. The molecule has 0 aliphatic heterocycles. The Morgan fingerprint density at radius 3 is 2.55 bits per heavy atom. The number of fused-ring (bicyclic) bond motifs is 1. The van der Waals surface area contributed by atoms with Crippen molar-refractivity contribution < 1.29 is 12.4 Å². The zero-order valence-corrected chi connectivity index (χ0v) is 13.0. The van der Waals surface area contributed by atoms with E-state index in [0.717, 1.165) is 11.2 Å². The van der Waals surface area contributed by atoms with Crippen LogP contribution in [0.5, 0.6) is 0 Å². The van der Waals surface area contributed by atoms with Crippen molar-refractivity contribution in [1.82, 2.24) is 4.98 Å². The molecule has 0 saturated heterocycles. The third kappa shape index (κ3) is 3.24. The first-order valence-electron chi connectivity index (χ1n) is 7.37. The smallest absolute Gasteiger partial charge is 0.0726 e. The van der Waals surface area contributed by atoms with Crippen molar-refractivity contribution in [3.63, 3.8) is 0 Å². The summed E-state index contributed by atoms with van der Waals surface area (Å²) < 4.78 is 0. The summed E-state index contributed by atoms with van der Waals surface area (Å²) in [4.78, 5) is 4.63. The van der Waals surface area contributed by atoms with Gasteiger partial charge < -0.3 is 17.7 Å². The van der Waals surface area contributed by atoms with E-state index in [0.29, 0.717) is 6.04 Å². The van der Waals surface area contributed by atoms with Gasteiger partial charge in [0.2, 0.25) is 0 Å². The van der Waals surface area contributed by atoms with Crippen molar-refractivity contribution in [3.05, 3.63) is 35.5 Å². The Hall–Kier alpha value is -1.28. The first kappa shape index (κ1) is 15.1. The number of aromatic nitrogens is 1. The minimum atomic E-state index is 0. The molecule has 2 nitrogen and oxygen atoms in total. The minimum Gasteiger partial charge on any atom is -1.00 e. The molecular formula is C17H22ClN2-. The van der Waals surface area contributed by atoms with Gasteiger partial charge in [0, 0.05) is 22.8 Å². The fraction of sp³-hybridized carbons (Fsp3) is 0.471. The molecule has 0 radical (unpaired) electrons. The third-order valence-corrected chi connectivity index (χ3v) is 4.06. The van der Waals surface area contributed by atoms with Crippen molar-refractivity contribution in [2.24, 2.45) is 0 Å². The van der Waals surface area contributed by atoms with Crippen LogP contribution in [0.2, 0.25) is 0 Å². The lowest BCUT2D eigenvalue weighted by molar-refractivity contribution is -0.00000412. The second-order valence-corrected chi connectivity index (χ2v) is 5.81. The molecule has 1 aromatic carbocycles. The maximum absolute atomic E-state index is 4.63. The van der Waals surface area contributed by atoms with Gasteiger partial charge in [-0.05, 0) is 44.9 Å². The lowest BCUT2D eigenvalue weighted by atomic mass is 9.95. The second kappa shape index (κ2) is 6.45. The average Bonchev–Trinajstić information content (AvgIpc) is 2.41. The van der Waals surface area contributed by atoms with Gasteiger partial charge in [0.05, 0.1) is 5.52 Å². The van der Waals surface area contributed by atoms with Crippen LogP contribution in [0.3, 0.4) is 0 Å². The zero-order valence-electron chi connectivity index (χ0n) is 12.2. The molecule has 108 valence electrons. The fourth-order valence-electron chi connectivity index (χ4n) is 3.06. The van der Waals surface area contributed by atoms with Crippen LogP contribution >= 0.6 is 0 Å². The van der Waals surface area contributed by atoms with E-state index in [2.05, 4.69) is 48.4 Å². The number of hydrogen-bond acceptors (Lipinski definition) is 2. The van der Waals surface area contributed by atoms with Gasteiger partial charge in [-0.3, -0.25) is 4.98 Å². The second-order valence-electron chi connectivity index (χ2n) is 5.81. The molecule has 20 heavy (non-hydrogen) atoms. The Labute approximate surface area is 127 Å². The highest BCUT2D eigenvalue weighted by molar-refractivity contribution is 5.92. The molecule has 0 spiro atoms. The highest BCUT2D eigenvalue weighted by Crippen LogP contribution is 2.28. The van der Waals surface area contributed by atoms with Crippen LogP contribution in [-0.4, -0.2) is 11.0 Å². The van der Waals surface area contributed by atoms with E-state index < -0.39 is 0 Å². The van der Waals surface area contributed by atoms with Crippen LogP contribution in [-0.2, 0) is 0 Å². The van der Waals surface area contributed by atoms with Crippen LogP contribution in [0.4, 0.5) is 5.69 Å². The van der Waals surface area contributed by atoms with Crippen molar-refractivity contribution in [2.75, 3.05) is 5.32 Å². The van der Waals surface area contributed by atoms with Crippen LogP contribution < -0.4 is 17.7 Å². The molecule has 1 saturated carbocycles. The minimum absolute atomic E-state index is 0. The largest absolute Gasteiger partial charge is 1.00 e. The van der Waals surface area contributed by atoms with Crippen LogP contribution in [0.15, 0.2) is 24.3 Å². The predicted molar refractivity (Wildman–Crippen MR) is 81.7 cm³/mol. The van der Waals surface area contributed by atoms with Crippen LogP contribution in [0, 0.1) is 13.8 Å². The Bertz CT molecular complexity index is 589. The van der Waals surface area contributed by atoms with Crippen molar-refractivity contribution >= 4 is 16.6 Å². The van der Waals surface area contributed by atoms with Crippen LogP contribution in [0.1, 0.15) is 43.4 Å². The van der Waals surface area contributed by atoms with Crippen molar-refractivity contribution in [1.29, 1.82) is 0 Å². The predicted octanol–water partition coefficient (Wildman–Crippen LogP) is 1.60. The Balaban J connectivity index is 0.00000147. The highest BCUT2D eigenvalue weighted by Gasteiger charge is 2.14. The first-order valence-corrected chi connectivity index (χ1v) is 7.37. The Kier molecular flexibility index (Phi) is 4.87. The number of pyridine rings is 1. The van der Waals surface area contributed by atoms with E-state index in [9.17, 15) is 0 Å². The van der Waals surface area contributed by atoms with Gasteiger partial charge in [0.1, 0.15) is 0 Å². The molecule has 0 amide bonds. The van der Waals surface area contributed by atoms with Crippen molar-refractivity contribution in [2.45, 2.75) is 52.0 Å². The number of rotatable bonds is 2. The number of anilines is 1. The van der Waals surface area contributed by atoms with Gasteiger partial charge in [-0.2, -0.15) is 0 Å². The standard InChI is InChI=1S/C17H22N2.ClH/c1-12-8-9-16-15(10-12)17(11-13(2)18-16)19-14-6-4-3-5-7-14;/h8-11,14H,3-7H2,1-2H3,(H,18,19);1H/p-1. The molecule has 0 atom stereocenters. The van der Waals surface area contributed by atoms with E-state index in [-0.39, 0.29) is 12.4 Å². The molecule has 1 fully saturated rings. The SMILES string of the molecule is Cc1ccc2nc(C)cc(NC3CCCCC3)c2c1.[Cl-]. The lowest BCUT2D eigenvalue weighted by Gasteiger charge is -2.24. The third-order valence-electron chi connectivity index (χ3n) is 4.06. The highest BCUT2D eigenvalue weighted by atomic mass is 35.5. The number of benzene rings is 1. The number of nitrogens with zero attached hydrogens (tertiary/aromatic N) is 1. The fourth-order valence-corrected chi connectivity index (χ4v) is 3.06. The lowest BCUT2D eigenvalue weighted by Crippen LogP contribution is -3.00. The van der Waals surface area contributed by atoms with E-state index in [4.69, 9.17) is 0 Å². The van der Waals surface area contributed by atoms with Crippen LogP contribution in [0.25, 0.3) is 10.9 Å². The normalized spacial score (nSPS) is 15.9. The summed E-state index contributed by atoms with van der Waals surface area (Å²) in [6, 6.07) is 9.34. The number of halogens is 1. The molecule has 0 unspecified atom stereocenters. The molecule has 1 aliphatic carbocycles. The molecular weight excluding hydrogens is 268 g/mol. The van der Waals surface area contributed by atoms with E-state index >= 15 is 0 Å². The summed E-state index contributed by atoms with van der Waals surface area (Å²) in [7, 11) is 0. The van der Waals surface area contributed by atoms with Gasteiger partial charge in [-0.1, -0.05) is 30.9 Å². The average molecular weight is 290 g/mol. The van der Waals surface area contributed by atoms with Gasteiger partial charge in [0.15, 0.2) is 0 Å². The quantitative estimate of drug-likeness (QED) is 0.908. The first-order chi connectivity index (χ1) is 9.22. The molecule has 0 bridgehead atoms. The maximum atomic E-state index is 4.63. The van der Waals surface area contributed by atoms with Gasteiger partial charge in [-0.15, -0.1) is 0 Å². The molecule has 3 heteroatoms. The molecule has 3 rings (SSSR count). The van der Waals surface area contributed by atoms with Gasteiger partial charge in [0.25, 0.3) is 0 Å². The molecule has 1 N–H and O–H groups in total. The molecule has 2 aromatic rings. The van der Waals surface area contributed by atoms with Crippen molar-refractivity contribution in [3.8, 4) is 0 Å². The summed E-state index contributed by atoms with van der Waals surface area (Å²) in [5.74, 6) is 0. The number of hydrogen-bond donors (Lipinski definition) is 1. The summed E-state index contributed by atoms with van der Waals surface area (Å²) in [5, 5.41) is 5.01. The molecule has 1 heterocycles. The Morgan fingerprint density at radius 2 is 1.80 bits per heavy atom. The summed E-state index contributed by atoms with van der Waals surface area (Å²) in [6.07, 6.45) is 6.72. The van der Waals surface area contributed by atoms with E-state index in [1.807, 2.05) is 0 Å². The Morgan fingerprint density at radius 1 is 1.05 bits per heavy atom. The topological polar surface area (TPSA) is 24.9 Å². The van der Waals surface area contributed by atoms with E-state index in [1.165, 1.54) is 48.7 Å². The zero-order chi connectivity index (χ0) is 13.2. The summed E-state index contributed by atoms with van der Waals surface area (Å²) in [6.45, 7) is 4.22. The summed E-state index contributed by atoms with van der Waals surface area (Å²) >= 11 is 0.